The van der Waals surface area contributed by atoms with Gasteiger partial charge in [-0.2, -0.15) is 22.7 Å². The molecule has 0 aliphatic heterocycles. The molecule has 2 aromatic heterocycles. The maximum atomic E-state index is 10.6. The van der Waals surface area contributed by atoms with Crippen molar-refractivity contribution in [2.45, 2.75) is 18.9 Å². The Morgan fingerprint density at radius 3 is 2.00 bits per heavy atom. The molecule has 22 heavy (non-hydrogen) atoms. The lowest BCUT2D eigenvalue weighted by atomic mass is 10.1. The van der Waals surface area contributed by atoms with Crippen LogP contribution in [-0.4, -0.2) is 34.0 Å². The van der Waals surface area contributed by atoms with Crippen LogP contribution in [0.25, 0.3) is 0 Å². The van der Waals surface area contributed by atoms with Gasteiger partial charge in [-0.1, -0.05) is 0 Å². The standard InChI is InChI=1S/C7H9NO2S.C7H6O3S/c2*8-6(7(9)10)3-5-1-2-11-4-5/h1-2,4,6H,3,8H2,(H,9,10);1-2,4H,3H2,(H,9,10)/t6-;/m0./s1. The number of ketones is 1. The number of carboxylic acids is 2. The second-order valence-electron chi connectivity index (χ2n) is 4.32. The van der Waals surface area contributed by atoms with Crippen LogP contribution in [0.15, 0.2) is 33.7 Å². The molecule has 0 aliphatic carbocycles. The van der Waals surface area contributed by atoms with E-state index in [0.717, 1.165) is 11.1 Å². The average Bonchev–Trinajstić information content (AvgIpc) is 3.12. The Kier molecular flexibility index (Phi) is 7.44. The van der Waals surface area contributed by atoms with Gasteiger partial charge in [0.25, 0.3) is 0 Å². The Hall–Kier alpha value is -2.03. The van der Waals surface area contributed by atoms with Gasteiger partial charge in [0.1, 0.15) is 6.04 Å². The maximum Gasteiger partial charge on any atom is 0.372 e. The van der Waals surface area contributed by atoms with Gasteiger partial charge in [-0.15, -0.1) is 0 Å². The summed E-state index contributed by atoms with van der Waals surface area (Å²) in [5, 5.41) is 24.1. The molecule has 0 fully saturated rings. The SMILES string of the molecule is N[C@@H](Cc1ccsc1)C(=O)O.O=C(O)C(=O)Cc1ccsc1. The zero-order valence-electron chi connectivity index (χ0n) is 11.5. The van der Waals surface area contributed by atoms with E-state index < -0.39 is 23.8 Å². The molecule has 0 unspecified atom stereocenters. The maximum absolute atomic E-state index is 10.6. The van der Waals surface area contributed by atoms with Crippen molar-refractivity contribution in [3.63, 3.8) is 0 Å². The zero-order chi connectivity index (χ0) is 16.5. The minimum absolute atomic E-state index is 0.00116. The molecular formula is C14H15NO5S2. The van der Waals surface area contributed by atoms with E-state index in [1.807, 2.05) is 22.2 Å². The van der Waals surface area contributed by atoms with Gasteiger partial charge in [0.2, 0.25) is 5.78 Å². The highest BCUT2D eigenvalue weighted by Crippen LogP contribution is 2.08. The molecule has 0 radical (unpaired) electrons. The van der Waals surface area contributed by atoms with E-state index >= 15 is 0 Å². The Morgan fingerprint density at radius 1 is 1.05 bits per heavy atom. The van der Waals surface area contributed by atoms with Crippen molar-refractivity contribution in [2.75, 3.05) is 0 Å². The molecule has 0 aliphatic rings. The normalized spacial score (nSPS) is 11.1. The van der Waals surface area contributed by atoms with Crippen molar-refractivity contribution in [2.24, 2.45) is 5.73 Å². The van der Waals surface area contributed by atoms with Gasteiger partial charge in [-0.3, -0.25) is 9.59 Å². The number of rotatable bonds is 6. The van der Waals surface area contributed by atoms with Crippen molar-refractivity contribution in [1.29, 1.82) is 0 Å². The summed E-state index contributed by atoms with van der Waals surface area (Å²) in [4.78, 5) is 31.0. The van der Waals surface area contributed by atoms with Crippen molar-refractivity contribution < 1.29 is 24.6 Å². The van der Waals surface area contributed by atoms with Crippen molar-refractivity contribution in [1.82, 2.24) is 0 Å². The average molecular weight is 341 g/mol. The molecule has 0 spiro atoms. The lowest BCUT2D eigenvalue weighted by Crippen LogP contribution is -2.31. The minimum atomic E-state index is -1.36. The number of aliphatic carboxylic acids is 2. The summed E-state index contributed by atoms with van der Waals surface area (Å²) in [6.45, 7) is 0. The highest BCUT2D eigenvalue weighted by Gasteiger charge is 2.12. The van der Waals surface area contributed by atoms with Gasteiger partial charge in [0.15, 0.2) is 0 Å². The van der Waals surface area contributed by atoms with Crippen LogP contribution in [0.2, 0.25) is 0 Å². The molecular weight excluding hydrogens is 326 g/mol. The van der Waals surface area contributed by atoms with E-state index in [2.05, 4.69) is 0 Å². The Bertz CT molecular complexity index is 607. The van der Waals surface area contributed by atoms with Gasteiger partial charge in [-0.25, -0.2) is 4.79 Å². The highest BCUT2D eigenvalue weighted by molar-refractivity contribution is 7.08. The first-order chi connectivity index (χ1) is 10.4. The first-order valence-corrected chi connectivity index (χ1v) is 8.05. The third kappa shape index (κ3) is 6.61. The quantitative estimate of drug-likeness (QED) is 0.688. The van der Waals surface area contributed by atoms with Gasteiger partial charge in [0, 0.05) is 6.42 Å². The molecule has 2 aromatic rings. The first kappa shape index (κ1) is 18.0. The van der Waals surface area contributed by atoms with Crippen molar-refractivity contribution in [3.8, 4) is 0 Å². The van der Waals surface area contributed by atoms with Crippen LogP contribution in [0.5, 0.6) is 0 Å². The molecule has 0 aromatic carbocycles. The van der Waals surface area contributed by atoms with Gasteiger partial charge < -0.3 is 15.9 Å². The molecule has 1 atom stereocenters. The molecule has 6 nitrogen and oxygen atoms in total. The summed E-state index contributed by atoms with van der Waals surface area (Å²) in [6, 6.07) is 2.85. The molecule has 8 heteroatoms. The summed E-state index contributed by atoms with van der Waals surface area (Å²) in [5.74, 6) is -3.07. The number of thiophene rings is 2. The Balaban J connectivity index is 0.000000220. The number of carbonyl (C=O) groups is 3. The monoisotopic (exact) mass is 341 g/mol. The molecule has 0 amide bonds. The van der Waals surface area contributed by atoms with Crippen LogP contribution in [0.3, 0.4) is 0 Å². The lowest BCUT2D eigenvalue weighted by molar-refractivity contribution is -0.148. The summed E-state index contributed by atoms with van der Waals surface area (Å²) in [6.07, 6.45) is 0.414. The van der Waals surface area contributed by atoms with Gasteiger partial charge in [-0.05, 0) is 51.2 Å². The second-order valence-corrected chi connectivity index (χ2v) is 5.88. The number of nitrogens with two attached hydrogens (primary N) is 1. The van der Waals surface area contributed by atoms with Crippen molar-refractivity contribution in [3.05, 3.63) is 44.8 Å². The fourth-order valence-corrected chi connectivity index (χ4v) is 2.75. The van der Waals surface area contributed by atoms with Crippen LogP contribution in [0, 0.1) is 0 Å². The van der Waals surface area contributed by atoms with E-state index in [1.165, 1.54) is 11.3 Å². The number of hydrogen-bond donors (Lipinski definition) is 3. The van der Waals surface area contributed by atoms with E-state index in [0.29, 0.717) is 6.42 Å². The smallest absolute Gasteiger partial charge is 0.372 e. The molecule has 2 rings (SSSR count). The van der Waals surface area contributed by atoms with E-state index in [-0.39, 0.29) is 6.42 Å². The van der Waals surface area contributed by atoms with E-state index in [1.54, 1.807) is 22.8 Å². The van der Waals surface area contributed by atoms with Gasteiger partial charge in [0.05, 0.1) is 0 Å². The van der Waals surface area contributed by atoms with Crippen LogP contribution in [-0.2, 0) is 27.2 Å². The number of hydrogen-bond acceptors (Lipinski definition) is 6. The van der Waals surface area contributed by atoms with E-state index in [4.69, 9.17) is 15.9 Å². The van der Waals surface area contributed by atoms with Crippen LogP contribution >= 0.6 is 22.7 Å². The fourth-order valence-electron chi connectivity index (χ4n) is 1.40. The predicted molar refractivity (Wildman–Crippen MR) is 84.3 cm³/mol. The molecule has 0 saturated carbocycles. The van der Waals surface area contributed by atoms with E-state index in [9.17, 15) is 14.4 Å². The topological polar surface area (TPSA) is 118 Å². The predicted octanol–water partition coefficient (Wildman–Crippen LogP) is 1.65. The summed E-state index contributed by atoms with van der Waals surface area (Å²) >= 11 is 2.99. The number of carboxylic acid groups (broad SMARTS) is 2. The summed E-state index contributed by atoms with van der Waals surface area (Å²) < 4.78 is 0. The van der Waals surface area contributed by atoms with Crippen molar-refractivity contribution >= 4 is 40.4 Å². The first-order valence-electron chi connectivity index (χ1n) is 6.16. The van der Waals surface area contributed by atoms with Crippen LogP contribution < -0.4 is 5.73 Å². The van der Waals surface area contributed by atoms with Gasteiger partial charge >= 0.3 is 11.9 Å². The number of carbonyl (C=O) groups excluding carboxylic acids is 1. The molecule has 0 saturated heterocycles. The zero-order valence-corrected chi connectivity index (χ0v) is 13.1. The summed E-state index contributed by atoms with van der Waals surface area (Å²) in [5.41, 5.74) is 7.07. The third-order valence-corrected chi connectivity index (χ3v) is 4.00. The Labute approximate surface area is 134 Å². The fraction of sp³-hybridized carbons (Fsp3) is 0.214. The molecule has 118 valence electrons. The second kappa shape index (κ2) is 9.08. The molecule has 0 bridgehead atoms. The summed E-state index contributed by atoms with van der Waals surface area (Å²) in [7, 11) is 0. The Morgan fingerprint density at radius 2 is 1.59 bits per heavy atom. The van der Waals surface area contributed by atoms with Crippen LogP contribution in [0.4, 0.5) is 0 Å². The number of Topliss-reactive ketones (excluding diaryl/α,β-unsaturated/α-hetero) is 1. The largest absolute Gasteiger partial charge is 0.480 e. The van der Waals surface area contributed by atoms with Crippen LogP contribution in [0.1, 0.15) is 11.1 Å². The lowest BCUT2D eigenvalue weighted by Gasteiger charge is -2.02. The molecule has 2 heterocycles. The minimum Gasteiger partial charge on any atom is -0.480 e. The third-order valence-electron chi connectivity index (χ3n) is 2.54. The molecule has 4 N–H and O–H groups in total. The highest BCUT2D eigenvalue weighted by atomic mass is 32.1.